The Balaban J connectivity index is 1.62. The molecule has 7 nitrogen and oxygen atoms in total. The summed E-state index contributed by atoms with van der Waals surface area (Å²) in [7, 11) is 5.08. The lowest BCUT2D eigenvalue weighted by molar-refractivity contribution is 0.159. The number of methoxy groups -OCH3 is 1. The molecular weight excluding hydrogens is 361 g/mol. The maximum absolute atomic E-state index is 13.9. The number of hydrogen-bond donors (Lipinski definition) is 0. The van der Waals surface area contributed by atoms with E-state index in [1.807, 2.05) is 11.0 Å². The molecule has 28 heavy (non-hydrogen) atoms. The van der Waals surface area contributed by atoms with Gasteiger partial charge in [0.05, 0.1) is 25.5 Å². The Kier molecular flexibility index (Phi) is 4.78. The summed E-state index contributed by atoms with van der Waals surface area (Å²) in [6, 6.07) is 6.36. The third kappa shape index (κ3) is 3.23. The number of nitrogens with zero attached hydrogens (tertiary/aromatic N) is 5. The number of carbonyl (C=O) groups excluding carboxylic acids is 1. The molecule has 3 heterocycles. The Morgan fingerprint density at radius 2 is 1.96 bits per heavy atom. The van der Waals surface area contributed by atoms with Gasteiger partial charge in [0, 0.05) is 45.6 Å². The van der Waals surface area contributed by atoms with Crippen LogP contribution in [0.3, 0.4) is 0 Å². The highest BCUT2D eigenvalue weighted by Crippen LogP contribution is 2.45. The largest absolute Gasteiger partial charge is 0.494 e. The minimum absolute atomic E-state index is 0.0455. The van der Waals surface area contributed by atoms with Crippen LogP contribution in [-0.4, -0.2) is 66.6 Å². The van der Waals surface area contributed by atoms with Crippen LogP contribution in [0.5, 0.6) is 5.75 Å². The molecule has 1 aromatic heterocycles. The monoisotopic (exact) mass is 385 g/mol. The van der Waals surface area contributed by atoms with Gasteiger partial charge in [0.25, 0.3) is 0 Å². The van der Waals surface area contributed by atoms with Crippen molar-refractivity contribution in [2.24, 2.45) is 11.8 Å². The second-order valence-corrected chi connectivity index (χ2v) is 7.58. The number of rotatable bonds is 3. The van der Waals surface area contributed by atoms with E-state index in [0.717, 1.165) is 18.7 Å². The Bertz CT molecular complexity index is 860. The molecule has 2 saturated heterocycles. The first-order valence-electron chi connectivity index (χ1n) is 9.32. The summed E-state index contributed by atoms with van der Waals surface area (Å²) in [5.74, 6) is 1.45. The normalized spacial score (nSPS) is 23.6. The van der Waals surface area contributed by atoms with Gasteiger partial charge in [-0.15, -0.1) is 0 Å². The molecule has 0 radical (unpaired) electrons. The minimum atomic E-state index is -0.286. The van der Waals surface area contributed by atoms with E-state index in [9.17, 15) is 9.18 Å². The molecule has 0 bridgehead atoms. The average Bonchev–Trinajstić information content (AvgIpc) is 3.25. The van der Waals surface area contributed by atoms with E-state index in [1.54, 1.807) is 44.6 Å². The van der Waals surface area contributed by atoms with E-state index < -0.39 is 0 Å². The van der Waals surface area contributed by atoms with E-state index in [4.69, 9.17) is 4.74 Å². The molecule has 2 amide bonds. The minimum Gasteiger partial charge on any atom is -0.494 e. The molecule has 8 heteroatoms. The van der Waals surface area contributed by atoms with Crippen molar-refractivity contribution < 1.29 is 13.9 Å². The number of urea groups is 1. The van der Waals surface area contributed by atoms with Crippen molar-refractivity contribution in [3.05, 3.63) is 48.0 Å². The number of carbonyl (C=O) groups is 1. The Morgan fingerprint density at radius 1 is 1.21 bits per heavy atom. The average molecular weight is 385 g/mol. The molecule has 2 fully saturated rings. The van der Waals surface area contributed by atoms with Crippen molar-refractivity contribution in [3.8, 4) is 5.75 Å². The topological polar surface area (TPSA) is 61.8 Å². The molecule has 0 unspecified atom stereocenters. The first-order valence-corrected chi connectivity index (χ1v) is 9.32. The highest BCUT2D eigenvalue weighted by molar-refractivity contribution is 5.75. The van der Waals surface area contributed by atoms with Crippen LogP contribution in [0.2, 0.25) is 0 Å². The van der Waals surface area contributed by atoms with Crippen molar-refractivity contribution in [2.45, 2.75) is 6.04 Å². The summed E-state index contributed by atoms with van der Waals surface area (Å²) in [5.41, 5.74) is 0.834. The maximum Gasteiger partial charge on any atom is 0.320 e. The second-order valence-electron chi connectivity index (χ2n) is 7.58. The number of likely N-dealkylation sites (tertiary alicyclic amines) is 1. The lowest BCUT2D eigenvalue weighted by atomic mass is 9.89. The highest BCUT2D eigenvalue weighted by atomic mass is 19.1. The van der Waals surface area contributed by atoms with Crippen molar-refractivity contribution in [2.75, 3.05) is 45.7 Å². The van der Waals surface area contributed by atoms with E-state index in [1.165, 1.54) is 12.1 Å². The highest BCUT2D eigenvalue weighted by Gasteiger charge is 2.50. The zero-order chi connectivity index (χ0) is 19.8. The van der Waals surface area contributed by atoms with Crippen LogP contribution in [0, 0.1) is 17.7 Å². The summed E-state index contributed by atoms with van der Waals surface area (Å²) in [6.07, 6.45) is 3.31. The van der Waals surface area contributed by atoms with Crippen molar-refractivity contribution in [1.82, 2.24) is 19.8 Å². The van der Waals surface area contributed by atoms with Crippen LogP contribution in [0.1, 0.15) is 11.6 Å². The fourth-order valence-electron chi connectivity index (χ4n) is 4.36. The number of fused-ring (bicyclic) bond motifs is 1. The lowest BCUT2D eigenvalue weighted by Crippen LogP contribution is -2.41. The van der Waals surface area contributed by atoms with Gasteiger partial charge in [0.1, 0.15) is 5.82 Å². The quantitative estimate of drug-likeness (QED) is 0.812. The van der Waals surface area contributed by atoms with Gasteiger partial charge in [-0.25, -0.2) is 19.2 Å². The molecular formula is C20H24FN5O2. The maximum atomic E-state index is 13.9. The van der Waals surface area contributed by atoms with Crippen LogP contribution in [0.15, 0.2) is 36.7 Å². The van der Waals surface area contributed by atoms with Crippen molar-refractivity contribution in [1.29, 1.82) is 0 Å². The number of anilines is 1. The van der Waals surface area contributed by atoms with E-state index >= 15 is 0 Å². The molecule has 0 N–H and O–H groups in total. The van der Waals surface area contributed by atoms with Crippen molar-refractivity contribution in [3.63, 3.8) is 0 Å². The van der Waals surface area contributed by atoms with Gasteiger partial charge >= 0.3 is 6.03 Å². The van der Waals surface area contributed by atoms with E-state index in [0.29, 0.717) is 18.2 Å². The summed E-state index contributed by atoms with van der Waals surface area (Å²) in [4.78, 5) is 27.2. The van der Waals surface area contributed by atoms with Gasteiger partial charge in [-0.1, -0.05) is 12.1 Å². The van der Waals surface area contributed by atoms with Gasteiger partial charge in [-0.3, -0.25) is 0 Å². The summed E-state index contributed by atoms with van der Waals surface area (Å²) < 4.78 is 19.0. The van der Waals surface area contributed by atoms with Gasteiger partial charge in [0.15, 0.2) is 5.75 Å². The molecule has 4 rings (SSSR count). The zero-order valence-electron chi connectivity index (χ0n) is 16.2. The van der Waals surface area contributed by atoms with E-state index in [-0.39, 0.29) is 29.7 Å². The smallest absolute Gasteiger partial charge is 0.320 e. The van der Waals surface area contributed by atoms with Crippen LogP contribution >= 0.6 is 0 Å². The molecule has 3 atom stereocenters. The predicted molar refractivity (Wildman–Crippen MR) is 103 cm³/mol. The number of aromatic nitrogens is 2. The molecule has 0 saturated carbocycles. The van der Waals surface area contributed by atoms with Crippen LogP contribution in [0.4, 0.5) is 15.1 Å². The van der Waals surface area contributed by atoms with Crippen LogP contribution in [0.25, 0.3) is 0 Å². The van der Waals surface area contributed by atoms with Crippen LogP contribution < -0.4 is 9.64 Å². The predicted octanol–water partition coefficient (Wildman–Crippen LogP) is 2.42. The molecule has 2 aliphatic heterocycles. The standard InChI is InChI=1S/C20H24FN5O2/c1-24(2)20(27)26-11-14-10-25(19-22-8-16(28-3)9-23-19)12-17(14)18(26)13-5-4-6-15(21)7-13/h4-9,14,17-18H,10-12H2,1-3H3/t14-,17-,18+/m1/s1. The number of ether oxygens (including phenoxy) is 1. The second kappa shape index (κ2) is 7.26. The molecule has 148 valence electrons. The van der Waals surface area contributed by atoms with Gasteiger partial charge < -0.3 is 19.4 Å². The SMILES string of the molecule is COc1cnc(N2C[C@@H]3CN(C(=O)N(C)C)[C@@H](c4cccc(F)c4)[C@@H]3C2)nc1. The Hall–Kier alpha value is -2.90. The molecule has 2 aromatic rings. The zero-order valence-corrected chi connectivity index (χ0v) is 16.2. The summed E-state index contributed by atoms with van der Waals surface area (Å²) in [5, 5.41) is 0. The first-order chi connectivity index (χ1) is 13.5. The number of benzene rings is 1. The molecule has 2 aliphatic rings. The van der Waals surface area contributed by atoms with Gasteiger partial charge in [-0.2, -0.15) is 0 Å². The molecule has 1 aromatic carbocycles. The van der Waals surface area contributed by atoms with Crippen LogP contribution in [-0.2, 0) is 0 Å². The lowest BCUT2D eigenvalue weighted by Gasteiger charge is -2.31. The third-order valence-corrected chi connectivity index (χ3v) is 5.62. The first kappa shape index (κ1) is 18.5. The molecule has 0 spiro atoms. The Labute approximate surface area is 163 Å². The number of amides is 2. The number of halogens is 1. The number of hydrogen-bond acceptors (Lipinski definition) is 5. The summed E-state index contributed by atoms with van der Waals surface area (Å²) in [6.45, 7) is 2.12. The summed E-state index contributed by atoms with van der Waals surface area (Å²) >= 11 is 0. The van der Waals surface area contributed by atoms with E-state index in [2.05, 4.69) is 14.9 Å². The fraction of sp³-hybridized carbons (Fsp3) is 0.450. The third-order valence-electron chi connectivity index (χ3n) is 5.62. The van der Waals surface area contributed by atoms with Crippen molar-refractivity contribution >= 4 is 12.0 Å². The Morgan fingerprint density at radius 3 is 2.61 bits per heavy atom. The fourth-order valence-corrected chi connectivity index (χ4v) is 4.36. The van der Waals surface area contributed by atoms with Gasteiger partial charge in [-0.05, 0) is 17.7 Å². The molecule has 0 aliphatic carbocycles. The van der Waals surface area contributed by atoms with Gasteiger partial charge in [0.2, 0.25) is 5.95 Å².